The number of rotatable bonds is 5. The van der Waals surface area contributed by atoms with Gasteiger partial charge in [0.2, 0.25) is 5.91 Å². The highest BCUT2D eigenvalue weighted by Gasteiger charge is 2.11. The predicted molar refractivity (Wildman–Crippen MR) is 102 cm³/mol. The number of nitrogens with zero attached hydrogens (tertiary/aromatic N) is 3. The van der Waals surface area contributed by atoms with Crippen LogP contribution in [0.4, 0.5) is 5.69 Å². The van der Waals surface area contributed by atoms with Crippen molar-refractivity contribution < 1.29 is 4.79 Å². The van der Waals surface area contributed by atoms with Crippen molar-refractivity contribution in [2.75, 3.05) is 5.32 Å². The number of hydrogen-bond acceptors (Lipinski definition) is 5. The van der Waals surface area contributed by atoms with Crippen LogP contribution in [0.15, 0.2) is 58.4 Å². The van der Waals surface area contributed by atoms with Crippen LogP contribution in [0.3, 0.4) is 0 Å². The summed E-state index contributed by atoms with van der Waals surface area (Å²) in [5.41, 5.74) is 1.80. The maximum Gasteiger partial charge on any atom is 0.264 e. The zero-order chi connectivity index (χ0) is 19.4. The molecule has 0 aliphatic rings. The molecule has 0 saturated heterocycles. The summed E-state index contributed by atoms with van der Waals surface area (Å²) in [6.45, 7) is 3.73. The van der Waals surface area contributed by atoms with Crippen LogP contribution in [0.1, 0.15) is 25.5 Å². The van der Waals surface area contributed by atoms with E-state index in [2.05, 4.69) is 20.5 Å². The number of para-hydroxylation sites is 1. The van der Waals surface area contributed by atoms with Gasteiger partial charge in [-0.2, -0.15) is 5.10 Å². The molecule has 138 valence electrons. The topological polar surface area (TPSA) is 110 Å². The summed E-state index contributed by atoms with van der Waals surface area (Å²) >= 11 is 0. The summed E-state index contributed by atoms with van der Waals surface area (Å²) in [5.74, 6) is -0.231. The Morgan fingerprint density at radius 2 is 1.96 bits per heavy atom. The molecule has 0 aliphatic carbocycles. The number of nitrogens with one attached hydrogen (secondary N) is 2. The van der Waals surface area contributed by atoms with Gasteiger partial charge in [0, 0.05) is 17.7 Å². The number of aromatic nitrogens is 4. The summed E-state index contributed by atoms with van der Waals surface area (Å²) in [4.78, 5) is 40.0. The number of aromatic amines is 1. The first-order chi connectivity index (χ1) is 12.9. The summed E-state index contributed by atoms with van der Waals surface area (Å²) in [6.07, 6.45) is 1.38. The van der Waals surface area contributed by atoms with E-state index >= 15 is 0 Å². The molecule has 0 unspecified atom stereocenters. The third kappa shape index (κ3) is 4.35. The lowest BCUT2D eigenvalue weighted by Gasteiger charge is -2.12. The van der Waals surface area contributed by atoms with Gasteiger partial charge in [-0.3, -0.25) is 19.0 Å². The second kappa shape index (κ2) is 7.77. The van der Waals surface area contributed by atoms with E-state index < -0.39 is 0 Å². The van der Waals surface area contributed by atoms with E-state index in [0.29, 0.717) is 22.6 Å². The molecule has 8 nitrogen and oxygen atoms in total. The van der Waals surface area contributed by atoms with Gasteiger partial charge in [-0.05, 0) is 18.1 Å². The minimum absolute atomic E-state index is 0.137. The van der Waals surface area contributed by atoms with Crippen molar-refractivity contribution in [2.24, 2.45) is 0 Å². The van der Waals surface area contributed by atoms with Gasteiger partial charge in [-0.15, -0.1) is 0 Å². The molecular formula is C19H19N5O3. The van der Waals surface area contributed by atoms with Crippen molar-refractivity contribution in [3.63, 3.8) is 0 Å². The lowest BCUT2D eigenvalue weighted by atomic mass is 10.1. The Morgan fingerprint density at radius 1 is 1.19 bits per heavy atom. The number of carbonyl (C=O) groups is 1. The van der Waals surface area contributed by atoms with Gasteiger partial charge in [-0.25, -0.2) is 10.1 Å². The van der Waals surface area contributed by atoms with Crippen molar-refractivity contribution in [2.45, 2.75) is 26.3 Å². The first-order valence-corrected chi connectivity index (χ1v) is 8.45. The molecule has 0 atom stereocenters. The van der Waals surface area contributed by atoms with Crippen LogP contribution in [0, 0.1) is 0 Å². The normalized spacial score (nSPS) is 10.8. The number of carbonyl (C=O) groups excluding carboxylic acids is 1. The maximum absolute atomic E-state index is 12.4. The Morgan fingerprint density at radius 3 is 2.63 bits per heavy atom. The highest BCUT2D eigenvalue weighted by molar-refractivity contribution is 5.94. The number of hydrogen-bond donors (Lipinski definition) is 2. The smallest absolute Gasteiger partial charge is 0.264 e. The van der Waals surface area contributed by atoms with Crippen molar-refractivity contribution in [1.82, 2.24) is 19.7 Å². The minimum atomic E-state index is -0.368. The molecule has 27 heavy (non-hydrogen) atoms. The molecule has 2 heterocycles. The number of benzene rings is 1. The third-order valence-corrected chi connectivity index (χ3v) is 3.96. The average molecular weight is 365 g/mol. The van der Waals surface area contributed by atoms with Crippen LogP contribution in [-0.2, 0) is 11.3 Å². The van der Waals surface area contributed by atoms with Crippen LogP contribution in [0.5, 0.6) is 0 Å². The molecule has 0 spiro atoms. The quantitative estimate of drug-likeness (QED) is 0.716. The average Bonchev–Trinajstić information content (AvgIpc) is 2.64. The van der Waals surface area contributed by atoms with Crippen molar-refractivity contribution in [1.29, 1.82) is 0 Å². The molecule has 1 amide bonds. The van der Waals surface area contributed by atoms with Crippen molar-refractivity contribution >= 4 is 11.6 Å². The first kappa shape index (κ1) is 18.2. The standard InChI is InChI=1S/C19H19N5O3/c1-12(2)16-9-19(27)24(11-20-16)10-18(26)21-14-6-4-3-5-13(14)15-7-8-17(25)23-22-15/h3-9,11-12H,10H2,1-2H3,(H,21,26)(H,23,25). The monoisotopic (exact) mass is 365 g/mol. The van der Waals surface area contributed by atoms with E-state index in [-0.39, 0.29) is 29.5 Å². The van der Waals surface area contributed by atoms with E-state index in [4.69, 9.17) is 0 Å². The number of anilines is 1. The fraction of sp³-hybridized carbons (Fsp3) is 0.211. The van der Waals surface area contributed by atoms with Gasteiger partial charge in [0.1, 0.15) is 6.54 Å². The van der Waals surface area contributed by atoms with Crippen LogP contribution in [0.2, 0.25) is 0 Å². The summed E-state index contributed by atoms with van der Waals surface area (Å²) < 4.78 is 1.25. The van der Waals surface area contributed by atoms with E-state index in [1.807, 2.05) is 13.8 Å². The zero-order valence-corrected chi connectivity index (χ0v) is 15.0. The second-order valence-electron chi connectivity index (χ2n) is 6.33. The molecule has 0 bridgehead atoms. The molecule has 1 aromatic carbocycles. The molecule has 0 fully saturated rings. The number of amides is 1. The van der Waals surface area contributed by atoms with Gasteiger partial charge in [0.05, 0.1) is 23.4 Å². The lowest BCUT2D eigenvalue weighted by molar-refractivity contribution is -0.116. The fourth-order valence-corrected chi connectivity index (χ4v) is 2.53. The molecule has 0 radical (unpaired) electrons. The van der Waals surface area contributed by atoms with Crippen LogP contribution in [0.25, 0.3) is 11.3 Å². The summed E-state index contributed by atoms with van der Waals surface area (Å²) in [6, 6.07) is 11.5. The minimum Gasteiger partial charge on any atom is -0.324 e. The van der Waals surface area contributed by atoms with Crippen molar-refractivity contribution in [3.05, 3.63) is 75.2 Å². The predicted octanol–water partition coefficient (Wildman–Crippen LogP) is 1.76. The molecule has 3 rings (SSSR count). The molecule has 8 heteroatoms. The highest BCUT2D eigenvalue weighted by atomic mass is 16.2. The van der Waals surface area contributed by atoms with Gasteiger partial charge in [0.15, 0.2) is 0 Å². The summed E-state index contributed by atoms with van der Waals surface area (Å²) in [5, 5.41) is 9.13. The van der Waals surface area contributed by atoms with Gasteiger partial charge >= 0.3 is 0 Å². The SMILES string of the molecule is CC(C)c1cc(=O)n(CC(=O)Nc2ccccc2-c2ccc(=O)[nH]n2)cn1. The van der Waals surface area contributed by atoms with E-state index in [1.54, 1.807) is 30.3 Å². The molecule has 0 saturated carbocycles. The van der Waals surface area contributed by atoms with Crippen LogP contribution >= 0.6 is 0 Å². The second-order valence-corrected chi connectivity index (χ2v) is 6.33. The molecule has 0 aliphatic heterocycles. The molecular weight excluding hydrogens is 346 g/mol. The maximum atomic E-state index is 12.4. The molecule has 2 N–H and O–H groups in total. The Bertz CT molecular complexity index is 1060. The molecule has 2 aromatic heterocycles. The van der Waals surface area contributed by atoms with E-state index in [1.165, 1.54) is 23.0 Å². The van der Waals surface area contributed by atoms with E-state index in [9.17, 15) is 14.4 Å². The highest BCUT2D eigenvalue weighted by Crippen LogP contribution is 2.25. The largest absolute Gasteiger partial charge is 0.324 e. The first-order valence-electron chi connectivity index (χ1n) is 8.45. The molecule has 3 aromatic rings. The summed E-state index contributed by atoms with van der Waals surface area (Å²) in [7, 11) is 0. The van der Waals surface area contributed by atoms with Gasteiger partial charge < -0.3 is 5.32 Å². The Balaban J connectivity index is 1.80. The van der Waals surface area contributed by atoms with Gasteiger partial charge in [0.25, 0.3) is 11.1 Å². The van der Waals surface area contributed by atoms with Crippen LogP contribution < -0.4 is 16.4 Å². The van der Waals surface area contributed by atoms with E-state index in [0.717, 1.165) is 0 Å². The lowest BCUT2D eigenvalue weighted by Crippen LogP contribution is -2.28. The Kier molecular flexibility index (Phi) is 5.25. The third-order valence-electron chi connectivity index (χ3n) is 3.96. The Hall–Kier alpha value is -3.55. The van der Waals surface area contributed by atoms with Gasteiger partial charge in [-0.1, -0.05) is 32.0 Å². The van der Waals surface area contributed by atoms with Crippen LogP contribution in [-0.4, -0.2) is 25.7 Å². The Labute approximate surface area is 154 Å². The number of H-pyrrole nitrogens is 1. The van der Waals surface area contributed by atoms with Crippen molar-refractivity contribution in [3.8, 4) is 11.3 Å². The fourth-order valence-electron chi connectivity index (χ4n) is 2.53. The zero-order valence-electron chi connectivity index (χ0n) is 15.0.